The summed E-state index contributed by atoms with van der Waals surface area (Å²) in [6.07, 6.45) is 12.3. The molecule has 0 spiro atoms. The molecule has 29 heavy (non-hydrogen) atoms. The molecule has 3 aliphatic carbocycles. The summed E-state index contributed by atoms with van der Waals surface area (Å²) in [6.45, 7) is 8.92. The van der Waals surface area contributed by atoms with E-state index in [0.717, 1.165) is 50.0 Å². The van der Waals surface area contributed by atoms with Crippen molar-refractivity contribution in [2.75, 3.05) is 32.7 Å². The monoisotopic (exact) mass is 401 g/mol. The van der Waals surface area contributed by atoms with Gasteiger partial charge in [-0.1, -0.05) is 6.58 Å². The largest absolute Gasteiger partial charge is 0.380 e. The van der Waals surface area contributed by atoms with Gasteiger partial charge in [0.25, 0.3) is 5.91 Å². The lowest BCUT2D eigenvalue weighted by Crippen LogP contribution is -2.52. The molecule has 3 saturated carbocycles. The molecule has 2 saturated heterocycles. The van der Waals surface area contributed by atoms with Gasteiger partial charge in [0.05, 0.1) is 0 Å². The van der Waals surface area contributed by atoms with Gasteiger partial charge in [0.2, 0.25) is 0 Å². The molecule has 0 aromatic heterocycles. The Morgan fingerprint density at radius 1 is 0.862 bits per heavy atom. The Balaban J connectivity index is 1.07. The number of fused-ring (bicyclic) bond motifs is 1. The highest BCUT2D eigenvalue weighted by Gasteiger charge is 2.50. The summed E-state index contributed by atoms with van der Waals surface area (Å²) >= 11 is 0. The van der Waals surface area contributed by atoms with Gasteiger partial charge in [0, 0.05) is 37.9 Å². The van der Waals surface area contributed by atoms with E-state index in [1.54, 1.807) is 0 Å². The molecule has 5 fully saturated rings. The summed E-state index contributed by atoms with van der Waals surface area (Å²) < 4.78 is 0. The van der Waals surface area contributed by atoms with Crippen molar-refractivity contribution in [3.8, 4) is 0 Å². The quantitative estimate of drug-likeness (QED) is 0.761. The van der Waals surface area contributed by atoms with Crippen LogP contribution in [0.2, 0.25) is 0 Å². The van der Waals surface area contributed by atoms with E-state index in [4.69, 9.17) is 0 Å². The molecule has 5 rings (SSSR count). The maximum absolute atomic E-state index is 12.3. The molecule has 3 atom stereocenters. The average molecular weight is 402 g/mol. The van der Waals surface area contributed by atoms with Gasteiger partial charge in [0.1, 0.15) is 5.60 Å². The first-order valence-corrected chi connectivity index (χ1v) is 12.2. The highest BCUT2D eigenvalue weighted by molar-refractivity contribution is 5.87. The van der Waals surface area contributed by atoms with Gasteiger partial charge in [-0.25, -0.2) is 0 Å². The zero-order chi connectivity index (χ0) is 20.0. The summed E-state index contributed by atoms with van der Waals surface area (Å²) in [5, 5.41) is 13.8. The molecule has 0 aromatic rings. The van der Waals surface area contributed by atoms with E-state index in [9.17, 15) is 9.90 Å². The molecular formula is C24H39N3O2. The number of aliphatic hydroxyl groups is 1. The van der Waals surface area contributed by atoms with Crippen molar-refractivity contribution >= 4 is 5.91 Å². The molecule has 2 heterocycles. The molecule has 2 aliphatic heterocycles. The molecule has 2 N–H and O–H groups in total. The molecule has 5 nitrogen and oxygen atoms in total. The SMILES string of the molecule is C=C(C1CCC(C2CCC3CCNC3C2)CC1)N1CCN(C(=O)C2(O)CC2)CC1. The Morgan fingerprint density at radius 3 is 2.17 bits per heavy atom. The minimum Gasteiger partial charge on any atom is -0.380 e. The van der Waals surface area contributed by atoms with Crippen molar-refractivity contribution in [1.29, 1.82) is 0 Å². The standard InChI is InChI=1S/C24H39N3O2/c1-17(26-12-14-27(15-13-26)23(28)24(29)9-10-24)18-2-4-19(5-3-18)21-7-6-20-8-11-25-22(20)16-21/h18-22,25,29H,1-16H2. The second-order valence-corrected chi connectivity index (χ2v) is 10.6. The Hall–Kier alpha value is -1.07. The third-order valence-corrected chi connectivity index (χ3v) is 8.96. The summed E-state index contributed by atoms with van der Waals surface area (Å²) in [4.78, 5) is 16.6. The molecule has 0 aromatic carbocycles. The third kappa shape index (κ3) is 3.97. The summed E-state index contributed by atoms with van der Waals surface area (Å²) in [6, 6.07) is 0.814. The van der Waals surface area contributed by atoms with Crippen LogP contribution in [0.5, 0.6) is 0 Å². The van der Waals surface area contributed by atoms with Gasteiger partial charge < -0.3 is 20.2 Å². The molecule has 5 aliphatic rings. The van der Waals surface area contributed by atoms with Crippen LogP contribution in [0, 0.1) is 23.7 Å². The second-order valence-electron chi connectivity index (χ2n) is 10.6. The highest BCUT2D eigenvalue weighted by Crippen LogP contribution is 2.44. The fourth-order valence-corrected chi connectivity index (χ4v) is 6.75. The first kappa shape index (κ1) is 19.9. The summed E-state index contributed by atoms with van der Waals surface area (Å²) in [5.74, 6) is 3.42. The number of carbonyl (C=O) groups is 1. The maximum atomic E-state index is 12.3. The molecule has 0 radical (unpaired) electrons. The van der Waals surface area contributed by atoms with Gasteiger partial charge in [0.15, 0.2) is 0 Å². The Kier molecular flexibility index (Phi) is 5.40. The van der Waals surface area contributed by atoms with Crippen molar-refractivity contribution < 1.29 is 9.90 Å². The van der Waals surface area contributed by atoms with Crippen molar-refractivity contribution in [2.45, 2.75) is 75.9 Å². The Labute approximate surface area is 175 Å². The van der Waals surface area contributed by atoms with Gasteiger partial charge in [-0.3, -0.25) is 4.79 Å². The average Bonchev–Trinajstić information content (AvgIpc) is 3.34. The minimum atomic E-state index is -1.02. The van der Waals surface area contributed by atoms with E-state index < -0.39 is 5.60 Å². The number of hydrogen-bond acceptors (Lipinski definition) is 4. The van der Waals surface area contributed by atoms with Crippen molar-refractivity contribution in [1.82, 2.24) is 15.1 Å². The topological polar surface area (TPSA) is 55.8 Å². The van der Waals surface area contributed by atoms with Crippen LogP contribution >= 0.6 is 0 Å². The molecule has 1 amide bonds. The molecule has 5 heteroatoms. The predicted octanol–water partition coefficient (Wildman–Crippen LogP) is 2.75. The Bertz CT molecular complexity index is 630. The first-order valence-electron chi connectivity index (χ1n) is 12.2. The van der Waals surface area contributed by atoms with Crippen LogP contribution in [0.1, 0.15) is 64.2 Å². The lowest BCUT2D eigenvalue weighted by atomic mass is 9.67. The zero-order valence-corrected chi connectivity index (χ0v) is 18.0. The minimum absolute atomic E-state index is 0.0465. The van der Waals surface area contributed by atoms with Crippen molar-refractivity contribution in [2.24, 2.45) is 23.7 Å². The van der Waals surface area contributed by atoms with Crippen LogP contribution in [-0.2, 0) is 4.79 Å². The van der Waals surface area contributed by atoms with E-state index in [1.165, 1.54) is 63.6 Å². The van der Waals surface area contributed by atoms with E-state index in [-0.39, 0.29) is 5.91 Å². The second kappa shape index (κ2) is 7.88. The van der Waals surface area contributed by atoms with Gasteiger partial charge >= 0.3 is 0 Å². The fourth-order valence-electron chi connectivity index (χ4n) is 6.75. The molecule has 162 valence electrons. The third-order valence-electron chi connectivity index (χ3n) is 8.96. The van der Waals surface area contributed by atoms with E-state index in [1.807, 2.05) is 4.90 Å². The van der Waals surface area contributed by atoms with Gasteiger partial charge in [-0.2, -0.15) is 0 Å². The zero-order valence-electron chi connectivity index (χ0n) is 18.0. The first-order chi connectivity index (χ1) is 14.0. The molecule has 3 unspecified atom stereocenters. The van der Waals surface area contributed by atoms with Crippen molar-refractivity contribution in [3.05, 3.63) is 12.3 Å². The molecule has 0 bridgehead atoms. The number of rotatable bonds is 4. The molecular weight excluding hydrogens is 362 g/mol. The van der Waals surface area contributed by atoms with Crippen LogP contribution in [0.3, 0.4) is 0 Å². The number of nitrogens with one attached hydrogen (secondary N) is 1. The highest BCUT2D eigenvalue weighted by atomic mass is 16.3. The summed E-state index contributed by atoms with van der Waals surface area (Å²) in [5.41, 5.74) is 0.284. The number of piperazine rings is 1. The number of allylic oxidation sites excluding steroid dienone is 1. The number of hydrogen-bond donors (Lipinski definition) is 2. The van der Waals surface area contributed by atoms with Crippen LogP contribution in [-0.4, -0.2) is 65.2 Å². The van der Waals surface area contributed by atoms with E-state index >= 15 is 0 Å². The van der Waals surface area contributed by atoms with Crippen LogP contribution < -0.4 is 5.32 Å². The van der Waals surface area contributed by atoms with Crippen molar-refractivity contribution in [3.63, 3.8) is 0 Å². The maximum Gasteiger partial charge on any atom is 0.254 e. The lowest BCUT2D eigenvalue weighted by Gasteiger charge is -2.43. The van der Waals surface area contributed by atoms with Gasteiger partial charge in [-0.05, 0) is 94.4 Å². The smallest absolute Gasteiger partial charge is 0.254 e. The van der Waals surface area contributed by atoms with Crippen LogP contribution in [0.25, 0.3) is 0 Å². The number of carbonyl (C=O) groups excluding carboxylic acids is 1. The predicted molar refractivity (Wildman–Crippen MR) is 114 cm³/mol. The normalized spacial score (nSPS) is 39.1. The lowest BCUT2D eigenvalue weighted by molar-refractivity contribution is -0.144. The summed E-state index contributed by atoms with van der Waals surface area (Å²) in [7, 11) is 0. The van der Waals surface area contributed by atoms with E-state index in [2.05, 4.69) is 16.8 Å². The van der Waals surface area contributed by atoms with E-state index in [0.29, 0.717) is 18.8 Å². The van der Waals surface area contributed by atoms with Gasteiger partial charge in [-0.15, -0.1) is 0 Å². The number of amides is 1. The number of nitrogens with zero attached hydrogens (tertiary/aromatic N) is 2. The van der Waals surface area contributed by atoms with Crippen LogP contribution in [0.4, 0.5) is 0 Å². The Morgan fingerprint density at radius 2 is 1.48 bits per heavy atom. The van der Waals surface area contributed by atoms with Crippen LogP contribution in [0.15, 0.2) is 12.3 Å². The fraction of sp³-hybridized carbons (Fsp3) is 0.875.